The maximum atomic E-state index is 2.64. The largest absolute Gasteiger partial charge is 0.303 e. The highest BCUT2D eigenvalue weighted by atomic mass is 15.1. The zero-order chi connectivity index (χ0) is 11.9. The molecule has 0 N–H and O–H groups in total. The molecule has 1 saturated heterocycles. The second-order valence-corrected chi connectivity index (χ2v) is 5.71. The van der Waals surface area contributed by atoms with Crippen LogP contribution in [0, 0.1) is 11.3 Å². The van der Waals surface area contributed by atoms with Crippen LogP contribution in [-0.2, 0) is 0 Å². The summed E-state index contributed by atoms with van der Waals surface area (Å²) in [5.41, 5.74) is 0.589. The third-order valence-electron chi connectivity index (χ3n) is 3.06. The lowest BCUT2D eigenvalue weighted by Gasteiger charge is -2.24. The Morgan fingerprint density at radius 1 is 1.07 bits per heavy atom. The SMILES string of the molecule is CC.CC(C)CN1CCCC(C)(C)CC1. The Kier molecular flexibility index (Phi) is 7.25. The Hall–Kier alpha value is -0.0400. The quantitative estimate of drug-likeness (QED) is 0.665. The highest BCUT2D eigenvalue weighted by molar-refractivity contribution is 4.76. The summed E-state index contributed by atoms with van der Waals surface area (Å²) in [5, 5.41) is 0. The highest BCUT2D eigenvalue weighted by Crippen LogP contribution is 2.29. The molecule has 0 aromatic heterocycles. The fourth-order valence-corrected chi connectivity index (χ4v) is 2.18. The molecule has 0 saturated carbocycles. The first-order chi connectivity index (χ1) is 6.99. The van der Waals surface area contributed by atoms with Crippen LogP contribution in [0.25, 0.3) is 0 Å². The van der Waals surface area contributed by atoms with Crippen LogP contribution in [0.15, 0.2) is 0 Å². The molecule has 1 fully saturated rings. The molecular weight excluding hydrogens is 182 g/mol. The molecule has 0 aromatic carbocycles. The lowest BCUT2D eigenvalue weighted by atomic mass is 9.85. The van der Waals surface area contributed by atoms with Crippen molar-refractivity contribution >= 4 is 0 Å². The smallest absolute Gasteiger partial charge is 0.000439 e. The molecule has 1 rings (SSSR count). The summed E-state index contributed by atoms with van der Waals surface area (Å²) in [6, 6.07) is 0. The third kappa shape index (κ3) is 6.94. The minimum atomic E-state index is 0.589. The molecule has 0 spiro atoms. The molecule has 0 radical (unpaired) electrons. The lowest BCUT2D eigenvalue weighted by Crippen LogP contribution is -2.29. The van der Waals surface area contributed by atoms with Gasteiger partial charge in [-0.3, -0.25) is 0 Å². The normalized spacial score (nSPS) is 21.8. The molecule has 15 heavy (non-hydrogen) atoms. The van der Waals surface area contributed by atoms with Crippen LogP contribution in [0.5, 0.6) is 0 Å². The monoisotopic (exact) mass is 213 g/mol. The number of hydrogen-bond donors (Lipinski definition) is 0. The van der Waals surface area contributed by atoms with Gasteiger partial charge in [0.15, 0.2) is 0 Å². The predicted molar refractivity (Wildman–Crippen MR) is 70.3 cm³/mol. The first kappa shape index (κ1) is 15.0. The number of rotatable bonds is 2. The fraction of sp³-hybridized carbons (Fsp3) is 1.00. The Balaban J connectivity index is 0.000000921. The van der Waals surface area contributed by atoms with Crippen molar-refractivity contribution in [3.8, 4) is 0 Å². The van der Waals surface area contributed by atoms with Crippen molar-refractivity contribution in [3.05, 3.63) is 0 Å². The zero-order valence-corrected chi connectivity index (χ0v) is 11.8. The molecule has 0 amide bonds. The molecular formula is C14H31N. The van der Waals surface area contributed by atoms with Gasteiger partial charge in [-0.2, -0.15) is 0 Å². The van der Waals surface area contributed by atoms with Gasteiger partial charge in [0.05, 0.1) is 0 Å². The van der Waals surface area contributed by atoms with E-state index in [1.165, 1.54) is 38.9 Å². The second-order valence-electron chi connectivity index (χ2n) is 5.71. The van der Waals surface area contributed by atoms with Crippen molar-refractivity contribution in [2.24, 2.45) is 11.3 Å². The van der Waals surface area contributed by atoms with Crippen LogP contribution in [-0.4, -0.2) is 24.5 Å². The summed E-state index contributed by atoms with van der Waals surface area (Å²) in [7, 11) is 0. The fourth-order valence-electron chi connectivity index (χ4n) is 2.18. The Morgan fingerprint density at radius 3 is 2.20 bits per heavy atom. The van der Waals surface area contributed by atoms with Crippen LogP contribution in [0.2, 0.25) is 0 Å². The van der Waals surface area contributed by atoms with Crippen LogP contribution in [0.1, 0.15) is 60.8 Å². The Labute approximate surface area is 97.2 Å². The van der Waals surface area contributed by atoms with Gasteiger partial charge in [-0.25, -0.2) is 0 Å². The maximum Gasteiger partial charge on any atom is 0.000439 e. The van der Waals surface area contributed by atoms with E-state index in [0.29, 0.717) is 5.41 Å². The van der Waals surface area contributed by atoms with Gasteiger partial charge in [0.1, 0.15) is 0 Å². The van der Waals surface area contributed by atoms with Crippen molar-refractivity contribution in [2.75, 3.05) is 19.6 Å². The molecule has 92 valence electrons. The maximum absolute atomic E-state index is 2.64. The van der Waals surface area contributed by atoms with Gasteiger partial charge in [0.25, 0.3) is 0 Å². The molecule has 0 aliphatic carbocycles. The van der Waals surface area contributed by atoms with E-state index in [1.807, 2.05) is 13.8 Å². The molecule has 1 heterocycles. The van der Waals surface area contributed by atoms with E-state index in [4.69, 9.17) is 0 Å². The number of likely N-dealkylation sites (tertiary alicyclic amines) is 1. The van der Waals surface area contributed by atoms with Crippen molar-refractivity contribution in [3.63, 3.8) is 0 Å². The average molecular weight is 213 g/mol. The molecule has 0 unspecified atom stereocenters. The number of nitrogens with zero attached hydrogens (tertiary/aromatic N) is 1. The van der Waals surface area contributed by atoms with E-state index in [-0.39, 0.29) is 0 Å². The Bertz CT molecular complexity index is 149. The molecule has 1 nitrogen and oxygen atoms in total. The van der Waals surface area contributed by atoms with Crippen molar-refractivity contribution in [1.29, 1.82) is 0 Å². The summed E-state index contributed by atoms with van der Waals surface area (Å²) >= 11 is 0. The Morgan fingerprint density at radius 2 is 1.67 bits per heavy atom. The minimum Gasteiger partial charge on any atom is -0.303 e. The standard InChI is InChI=1S/C12H25N.C2H6/c1-11(2)10-13-8-5-6-12(3,4)7-9-13;1-2/h11H,5-10H2,1-4H3;1-2H3. The van der Waals surface area contributed by atoms with Crippen LogP contribution in [0.3, 0.4) is 0 Å². The summed E-state index contributed by atoms with van der Waals surface area (Å²) in [6.07, 6.45) is 4.17. The zero-order valence-electron chi connectivity index (χ0n) is 11.8. The van der Waals surface area contributed by atoms with Gasteiger partial charge in [-0.05, 0) is 43.7 Å². The third-order valence-corrected chi connectivity index (χ3v) is 3.06. The highest BCUT2D eigenvalue weighted by Gasteiger charge is 2.22. The summed E-state index contributed by atoms with van der Waals surface area (Å²) < 4.78 is 0. The first-order valence-electron chi connectivity index (χ1n) is 6.72. The molecule has 1 aliphatic rings. The lowest BCUT2D eigenvalue weighted by molar-refractivity contribution is 0.239. The topological polar surface area (TPSA) is 3.24 Å². The van der Waals surface area contributed by atoms with Gasteiger partial charge in [-0.1, -0.05) is 41.5 Å². The van der Waals surface area contributed by atoms with Gasteiger partial charge >= 0.3 is 0 Å². The summed E-state index contributed by atoms with van der Waals surface area (Å²) in [4.78, 5) is 2.64. The van der Waals surface area contributed by atoms with Gasteiger partial charge < -0.3 is 4.90 Å². The first-order valence-corrected chi connectivity index (χ1v) is 6.72. The van der Waals surface area contributed by atoms with E-state index in [2.05, 4.69) is 32.6 Å². The van der Waals surface area contributed by atoms with E-state index < -0.39 is 0 Å². The van der Waals surface area contributed by atoms with Crippen molar-refractivity contribution in [1.82, 2.24) is 4.90 Å². The molecule has 0 atom stereocenters. The molecule has 1 aliphatic heterocycles. The van der Waals surface area contributed by atoms with Gasteiger partial charge in [-0.15, -0.1) is 0 Å². The van der Waals surface area contributed by atoms with Crippen molar-refractivity contribution < 1.29 is 0 Å². The van der Waals surface area contributed by atoms with Crippen molar-refractivity contribution in [2.45, 2.75) is 60.8 Å². The molecule has 0 bridgehead atoms. The van der Waals surface area contributed by atoms with Gasteiger partial charge in [0.2, 0.25) is 0 Å². The predicted octanol–water partition coefficient (Wildman–Crippen LogP) is 4.18. The summed E-state index contributed by atoms with van der Waals surface area (Å²) in [6.45, 7) is 17.4. The van der Waals surface area contributed by atoms with Crippen LogP contribution >= 0.6 is 0 Å². The molecule has 0 aromatic rings. The van der Waals surface area contributed by atoms with E-state index >= 15 is 0 Å². The minimum absolute atomic E-state index is 0.589. The second kappa shape index (κ2) is 7.27. The van der Waals surface area contributed by atoms with Crippen LogP contribution < -0.4 is 0 Å². The van der Waals surface area contributed by atoms with E-state index in [1.54, 1.807) is 0 Å². The van der Waals surface area contributed by atoms with E-state index in [0.717, 1.165) is 5.92 Å². The molecule has 1 heteroatoms. The average Bonchev–Trinajstić information content (AvgIpc) is 2.31. The van der Waals surface area contributed by atoms with E-state index in [9.17, 15) is 0 Å². The van der Waals surface area contributed by atoms with Crippen LogP contribution in [0.4, 0.5) is 0 Å². The summed E-state index contributed by atoms with van der Waals surface area (Å²) in [5.74, 6) is 0.821. The van der Waals surface area contributed by atoms with Gasteiger partial charge in [0, 0.05) is 6.54 Å². The number of hydrogen-bond acceptors (Lipinski definition) is 1.